The van der Waals surface area contributed by atoms with Gasteiger partial charge in [0, 0.05) is 44.1 Å². The predicted molar refractivity (Wildman–Crippen MR) is 250 cm³/mol. The van der Waals surface area contributed by atoms with Gasteiger partial charge in [-0.15, -0.1) is 0 Å². The first-order chi connectivity index (χ1) is 31.7. The maximum absolute atomic E-state index is 14.4. The highest BCUT2D eigenvalue weighted by atomic mass is 19.1. The highest BCUT2D eigenvalue weighted by Gasteiger charge is 2.42. The van der Waals surface area contributed by atoms with E-state index in [2.05, 4.69) is 48.1 Å². The minimum absolute atomic E-state index is 0.0461. The Morgan fingerprint density at radius 3 is 2.44 bits per heavy atom. The highest BCUT2D eigenvalue weighted by molar-refractivity contribution is 6.04. The molecule has 5 aromatic rings. The molecule has 2 fully saturated rings. The molecule has 0 radical (unpaired) electrons. The van der Waals surface area contributed by atoms with E-state index in [1.54, 1.807) is 42.3 Å². The summed E-state index contributed by atoms with van der Waals surface area (Å²) in [4.78, 5) is 63.0. The Bertz CT molecular complexity index is 2500. The Kier molecular flexibility index (Phi) is 14.8. The smallest absolute Gasteiger partial charge is 0.274 e. The number of pyridine rings is 1. The molecule has 2 saturated heterocycles. The van der Waals surface area contributed by atoms with Crippen molar-refractivity contribution in [2.75, 3.05) is 43.7 Å². The second-order valence-electron chi connectivity index (χ2n) is 18.1. The summed E-state index contributed by atoms with van der Waals surface area (Å²) in [6.45, 7) is 9.64. The number of methoxy groups -OCH3 is 1. The number of carbonyl (C=O) groups is 4. The Morgan fingerprint density at radius 1 is 0.985 bits per heavy atom. The van der Waals surface area contributed by atoms with Crippen molar-refractivity contribution in [3.63, 3.8) is 0 Å². The van der Waals surface area contributed by atoms with E-state index >= 15 is 0 Å². The van der Waals surface area contributed by atoms with Crippen LogP contribution in [0.1, 0.15) is 88.1 Å². The predicted octanol–water partition coefficient (Wildman–Crippen LogP) is 6.42. The molecule has 5 heterocycles. The number of aromatic amines is 1. The number of nitrogens with one attached hydrogen (secondary N) is 4. The van der Waals surface area contributed by atoms with Gasteiger partial charge in [0.05, 0.1) is 47.7 Å². The fourth-order valence-electron chi connectivity index (χ4n) is 8.73. The van der Waals surface area contributed by atoms with E-state index in [4.69, 9.17) is 9.47 Å². The molecule has 17 heteroatoms. The highest BCUT2D eigenvalue weighted by Crippen LogP contribution is 2.34. The van der Waals surface area contributed by atoms with E-state index in [0.717, 1.165) is 34.8 Å². The van der Waals surface area contributed by atoms with Crippen LogP contribution >= 0.6 is 0 Å². The number of amides is 4. The number of rotatable bonds is 16. The molecule has 16 nitrogen and oxygen atoms in total. The average molecular weight is 905 g/mol. The second-order valence-corrected chi connectivity index (χ2v) is 18.1. The Labute approximate surface area is 385 Å². The van der Waals surface area contributed by atoms with Crippen LogP contribution in [0.4, 0.5) is 15.8 Å². The molecule has 4 N–H and O–H groups in total. The van der Waals surface area contributed by atoms with E-state index in [-0.39, 0.29) is 36.3 Å². The molecule has 0 spiro atoms. The number of likely N-dealkylation sites (tertiary alicyclic amines) is 1. The van der Waals surface area contributed by atoms with Gasteiger partial charge in [0.25, 0.3) is 5.91 Å². The van der Waals surface area contributed by atoms with Gasteiger partial charge in [-0.3, -0.25) is 29.0 Å². The second kappa shape index (κ2) is 20.7. The first-order valence-corrected chi connectivity index (χ1v) is 22.6. The first kappa shape index (κ1) is 47.3. The van der Waals surface area contributed by atoms with Crippen LogP contribution in [0.3, 0.4) is 0 Å². The van der Waals surface area contributed by atoms with E-state index in [1.807, 2.05) is 83.3 Å². The van der Waals surface area contributed by atoms with Gasteiger partial charge in [0.2, 0.25) is 17.7 Å². The molecule has 3 aromatic heterocycles. The summed E-state index contributed by atoms with van der Waals surface area (Å²) in [5, 5.41) is 20.1. The van der Waals surface area contributed by atoms with Crippen LogP contribution in [-0.4, -0.2) is 111 Å². The summed E-state index contributed by atoms with van der Waals surface area (Å²) >= 11 is 0. The molecule has 66 heavy (non-hydrogen) atoms. The number of piperidine rings is 1. The van der Waals surface area contributed by atoms with E-state index in [0.29, 0.717) is 61.5 Å². The number of H-pyrrole nitrogens is 1. The summed E-state index contributed by atoms with van der Waals surface area (Å²) in [6, 6.07) is 19.4. The van der Waals surface area contributed by atoms with Crippen molar-refractivity contribution in [2.45, 2.75) is 97.0 Å². The lowest BCUT2D eigenvalue weighted by molar-refractivity contribution is -0.145. The fourth-order valence-corrected chi connectivity index (χ4v) is 8.73. The van der Waals surface area contributed by atoms with Crippen LogP contribution in [-0.2, 0) is 32.6 Å². The summed E-state index contributed by atoms with van der Waals surface area (Å²) in [5.74, 6) is -1.11. The monoisotopic (exact) mass is 904 g/mol. The molecule has 350 valence electrons. The van der Waals surface area contributed by atoms with Gasteiger partial charge in [-0.2, -0.15) is 10.2 Å². The van der Waals surface area contributed by atoms with Crippen LogP contribution in [0.5, 0.6) is 5.75 Å². The number of benzene rings is 2. The summed E-state index contributed by atoms with van der Waals surface area (Å²) in [7, 11) is 3.40. The molecule has 0 bridgehead atoms. The molecule has 0 unspecified atom stereocenters. The van der Waals surface area contributed by atoms with Crippen LogP contribution in [0.15, 0.2) is 79.0 Å². The van der Waals surface area contributed by atoms with Gasteiger partial charge in [-0.1, -0.05) is 58.0 Å². The van der Waals surface area contributed by atoms with Crippen molar-refractivity contribution in [2.24, 2.45) is 12.5 Å². The van der Waals surface area contributed by atoms with Crippen molar-refractivity contribution < 1.29 is 33.0 Å². The van der Waals surface area contributed by atoms with Gasteiger partial charge in [0.15, 0.2) is 0 Å². The summed E-state index contributed by atoms with van der Waals surface area (Å²) < 4.78 is 28.0. The number of halogens is 1. The summed E-state index contributed by atoms with van der Waals surface area (Å²) in [5.41, 5.74) is 5.67. The molecule has 0 saturated carbocycles. The van der Waals surface area contributed by atoms with Crippen LogP contribution < -0.4 is 25.6 Å². The molecule has 2 aromatic carbocycles. The zero-order valence-electron chi connectivity index (χ0n) is 38.8. The third-order valence-corrected chi connectivity index (χ3v) is 12.5. The van der Waals surface area contributed by atoms with Crippen molar-refractivity contribution in [1.82, 2.24) is 40.5 Å². The number of anilines is 2. The number of aromatic nitrogens is 5. The van der Waals surface area contributed by atoms with Crippen molar-refractivity contribution in [1.29, 1.82) is 0 Å². The number of aryl methyl sites for hydroxylation is 2. The minimum atomic E-state index is -0.931. The normalized spacial score (nSPS) is 18.4. The van der Waals surface area contributed by atoms with Crippen molar-refractivity contribution >= 4 is 35.0 Å². The largest absolute Gasteiger partial charge is 0.494 e. The number of hydrogen-bond donors (Lipinski definition) is 4. The fraction of sp³-hybridized carbons (Fsp3) is 0.449. The average Bonchev–Trinajstić information content (AvgIpc) is 4.11. The first-order valence-electron chi connectivity index (χ1n) is 22.6. The molecule has 0 aliphatic carbocycles. The molecular weight excluding hydrogens is 844 g/mol. The van der Waals surface area contributed by atoms with Gasteiger partial charge in [-0.05, 0) is 92.0 Å². The minimum Gasteiger partial charge on any atom is -0.494 e. The standard InChI is InChI=1S/C49H61FN10O6/c1-8-33-26-39(57-56-33)36-11-9-12-38(52-36)46(62)53-37-19-18-34(27-43(37)65-7)59-24-21-35(25-30(59)2)66-29-44(61)55-45(49(3,4)5)48(64)60-23-10-13-42(60)47(63)54-40(28-50)31-14-16-32(17-15-31)41-20-22-51-58(41)6/h9,11-12,14-20,22,26-27,30,35,40,42,45H,8,10,13,21,23-25,28-29H2,1-7H3,(H,53,62)(H,54,63)(H,55,61)(H,56,57)/t30-,35-,40-,42-,45+/m0/s1. The zero-order valence-corrected chi connectivity index (χ0v) is 38.8. The third-order valence-electron chi connectivity index (χ3n) is 12.5. The van der Waals surface area contributed by atoms with Crippen LogP contribution in [0.2, 0.25) is 0 Å². The molecule has 2 aliphatic heterocycles. The van der Waals surface area contributed by atoms with Gasteiger partial charge in [-0.25, -0.2) is 9.37 Å². The van der Waals surface area contributed by atoms with Crippen LogP contribution in [0, 0.1) is 5.41 Å². The van der Waals surface area contributed by atoms with E-state index < -0.39 is 42.0 Å². The van der Waals surface area contributed by atoms with Gasteiger partial charge < -0.3 is 35.2 Å². The Morgan fingerprint density at radius 2 is 1.77 bits per heavy atom. The van der Waals surface area contributed by atoms with Gasteiger partial charge in [0.1, 0.15) is 36.8 Å². The molecular formula is C49H61FN10O6. The topological polar surface area (TPSA) is 189 Å². The summed E-state index contributed by atoms with van der Waals surface area (Å²) in [6.07, 6.45) is 4.60. The SMILES string of the molecule is CCc1cc(-c2cccc(C(=O)Nc3ccc(N4CC[C@H](OCC(=O)N[C@H](C(=O)N5CCC[C@H]5C(=O)N[C@@H](CF)c5ccc(-c6ccnn6C)cc5)C(C)(C)C)C[C@@H]4C)cc3OC)n2)[nH]n1. The Hall–Kier alpha value is -6.62. The van der Waals surface area contributed by atoms with Crippen molar-refractivity contribution in [3.8, 4) is 28.4 Å². The lowest BCUT2D eigenvalue weighted by atomic mass is 9.85. The number of carbonyl (C=O) groups excluding carboxylic acids is 4. The zero-order chi connectivity index (χ0) is 47.1. The molecule has 4 amide bonds. The quantitative estimate of drug-likeness (QED) is 0.0861. The molecule has 7 rings (SSSR count). The number of alkyl halides is 1. The maximum Gasteiger partial charge on any atom is 0.274 e. The number of nitrogens with zero attached hydrogens (tertiary/aromatic N) is 6. The lowest BCUT2D eigenvalue weighted by Gasteiger charge is -2.39. The molecule has 5 atom stereocenters. The number of ether oxygens (including phenoxy) is 2. The number of hydrogen-bond acceptors (Lipinski definition) is 10. The lowest BCUT2D eigenvalue weighted by Crippen LogP contribution is -2.58. The van der Waals surface area contributed by atoms with Crippen LogP contribution in [0.25, 0.3) is 22.6 Å². The van der Waals surface area contributed by atoms with Gasteiger partial charge >= 0.3 is 0 Å². The third kappa shape index (κ3) is 10.9. The van der Waals surface area contributed by atoms with E-state index in [9.17, 15) is 23.6 Å². The van der Waals surface area contributed by atoms with Crippen molar-refractivity contribution in [3.05, 3.63) is 95.9 Å². The maximum atomic E-state index is 14.4. The Balaban J connectivity index is 0.908. The molecule has 2 aliphatic rings. The van der Waals surface area contributed by atoms with E-state index in [1.165, 1.54) is 4.90 Å².